The molecule has 0 saturated carbocycles. The molecule has 0 spiro atoms. The minimum Gasteiger partial charge on any atom is -0.299 e. The van der Waals surface area contributed by atoms with Crippen LogP contribution in [0.5, 0.6) is 0 Å². The minimum atomic E-state index is 0.300. The molecular weight excluding hydrogens is 210 g/mol. The van der Waals surface area contributed by atoms with E-state index in [-0.39, 0.29) is 0 Å². The summed E-state index contributed by atoms with van der Waals surface area (Å²) in [7, 11) is 2.09. The van der Waals surface area contributed by atoms with Gasteiger partial charge in [-0.3, -0.25) is 10.3 Å². The fraction of sp³-hybridized carbons (Fsp3) is 0.778. The van der Waals surface area contributed by atoms with Gasteiger partial charge in [0, 0.05) is 6.54 Å². The van der Waals surface area contributed by atoms with Crippen LogP contribution in [0.3, 0.4) is 0 Å². The summed E-state index contributed by atoms with van der Waals surface area (Å²) in [5.41, 5.74) is 2.80. The predicted molar refractivity (Wildman–Crippen MR) is 63.5 cm³/mol. The average molecular weight is 229 g/mol. The van der Waals surface area contributed by atoms with E-state index in [0.717, 1.165) is 18.1 Å². The molecule has 1 heterocycles. The Morgan fingerprint density at radius 3 is 2.53 bits per heavy atom. The second kappa shape index (κ2) is 4.87. The van der Waals surface area contributed by atoms with Crippen molar-refractivity contribution in [3.8, 4) is 0 Å². The van der Waals surface area contributed by atoms with Crippen molar-refractivity contribution >= 4 is 16.5 Å². The number of nitrogen functional groups attached to an aromatic ring is 1. The second-order valence-electron chi connectivity index (χ2n) is 4.88. The molecule has 0 aliphatic carbocycles. The maximum Gasteiger partial charge on any atom is 0.219 e. The van der Waals surface area contributed by atoms with E-state index in [1.54, 1.807) is 0 Å². The van der Waals surface area contributed by atoms with Crippen molar-refractivity contribution in [2.24, 2.45) is 11.3 Å². The SMILES string of the molecule is CN(Cc1nnc(NN)s1)CC(C)(C)C. The lowest BCUT2D eigenvalue weighted by Gasteiger charge is -2.25. The standard InChI is InChI=1S/C9H19N5S/c1-9(2,3)6-14(4)5-7-12-13-8(11-10)15-7/h5-6,10H2,1-4H3,(H,11,13). The van der Waals surface area contributed by atoms with Crippen LogP contribution in [-0.4, -0.2) is 28.7 Å². The molecule has 5 nitrogen and oxygen atoms in total. The second-order valence-corrected chi connectivity index (χ2v) is 5.94. The van der Waals surface area contributed by atoms with Crippen LogP contribution >= 0.6 is 11.3 Å². The van der Waals surface area contributed by atoms with Gasteiger partial charge < -0.3 is 0 Å². The number of hydrogen-bond donors (Lipinski definition) is 2. The number of hydrazine groups is 1. The largest absolute Gasteiger partial charge is 0.299 e. The molecule has 0 radical (unpaired) electrons. The van der Waals surface area contributed by atoms with Crippen molar-refractivity contribution in [2.75, 3.05) is 19.0 Å². The van der Waals surface area contributed by atoms with Crippen LogP contribution in [0.25, 0.3) is 0 Å². The van der Waals surface area contributed by atoms with Crippen molar-refractivity contribution < 1.29 is 0 Å². The fourth-order valence-electron chi connectivity index (χ4n) is 1.47. The first kappa shape index (κ1) is 12.4. The van der Waals surface area contributed by atoms with Crippen LogP contribution < -0.4 is 11.3 Å². The third kappa shape index (κ3) is 4.55. The van der Waals surface area contributed by atoms with Gasteiger partial charge >= 0.3 is 0 Å². The average Bonchev–Trinajstić information content (AvgIpc) is 2.48. The lowest BCUT2D eigenvalue weighted by Crippen LogP contribution is -2.28. The summed E-state index contributed by atoms with van der Waals surface area (Å²) in [6, 6.07) is 0. The van der Waals surface area contributed by atoms with Gasteiger partial charge in [0.15, 0.2) is 0 Å². The number of hydrogen-bond acceptors (Lipinski definition) is 6. The van der Waals surface area contributed by atoms with E-state index < -0.39 is 0 Å². The highest BCUT2D eigenvalue weighted by Crippen LogP contribution is 2.18. The summed E-state index contributed by atoms with van der Waals surface area (Å²) in [6.07, 6.45) is 0. The Balaban J connectivity index is 2.47. The summed E-state index contributed by atoms with van der Waals surface area (Å²) in [6.45, 7) is 8.50. The highest BCUT2D eigenvalue weighted by atomic mass is 32.1. The number of aromatic nitrogens is 2. The third-order valence-corrected chi connectivity index (χ3v) is 2.58. The Morgan fingerprint density at radius 2 is 2.07 bits per heavy atom. The van der Waals surface area contributed by atoms with Gasteiger partial charge in [-0.15, -0.1) is 10.2 Å². The van der Waals surface area contributed by atoms with Gasteiger partial charge in [-0.25, -0.2) is 5.84 Å². The lowest BCUT2D eigenvalue weighted by atomic mass is 9.96. The molecule has 15 heavy (non-hydrogen) atoms. The first-order valence-corrected chi connectivity index (χ1v) is 5.70. The first-order valence-electron chi connectivity index (χ1n) is 4.88. The van der Waals surface area contributed by atoms with Crippen molar-refractivity contribution in [1.29, 1.82) is 0 Å². The van der Waals surface area contributed by atoms with Crippen molar-refractivity contribution in [3.05, 3.63) is 5.01 Å². The Hall–Kier alpha value is -0.720. The van der Waals surface area contributed by atoms with E-state index in [4.69, 9.17) is 5.84 Å². The molecule has 0 fully saturated rings. The monoisotopic (exact) mass is 229 g/mol. The quantitative estimate of drug-likeness (QED) is 0.602. The molecule has 0 atom stereocenters. The van der Waals surface area contributed by atoms with E-state index in [0.29, 0.717) is 10.5 Å². The Labute approximate surface area is 94.7 Å². The van der Waals surface area contributed by atoms with Crippen LogP contribution in [-0.2, 0) is 6.54 Å². The number of nitrogens with one attached hydrogen (secondary N) is 1. The zero-order chi connectivity index (χ0) is 11.5. The highest BCUT2D eigenvalue weighted by molar-refractivity contribution is 7.15. The lowest BCUT2D eigenvalue weighted by molar-refractivity contribution is 0.220. The van der Waals surface area contributed by atoms with Gasteiger partial charge in [0.05, 0.1) is 6.54 Å². The summed E-state index contributed by atoms with van der Waals surface area (Å²) < 4.78 is 0. The van der Waals surface area contributed by atoms with Crippen molar-refractivity contribution in [1.82, 2.24) is 15.1 Å². The number of anilines is 1. The van der Waals surface area contributed by atoms with E-state index in [2.05, 4.69) is 48.3 Å². The Morgan fingerprint density at radius 1 is 1.40 bits per heavy atom. The molecule has 1 aromatic rings. The van der Waals surface area contributed by atoms with Gasteiger partial charge in [-0.2, -0.15) is 0 Å². The normalized spacial score (nSPS) is 12.1. The van der Waals surface area contributed by atoms with E-state index in [9.17, 15) is 0 Å². The molecule has 6 heteroatoms. The summed E-state index contributed by atoms with van der Waals surface area (Å²) in [4.78, 5) is 2.24. The van der Waals surface area contributed by atoms with Gasteiger partial charge in [0.2, 0.25) is 5.13 Å². The molecule has 0 aliphatic rings. The van der Waals surface area contributed by atoms with Gasteiger partial charge in [-0.1, -0.05) is 32.1 Å². The summed E-state index contributed by atoms with van der Waals surface area (Å²) in [5, 5.41) is 9.57. The fourth-order valence-corrected chi connectivity index (χ4v) is 2.20. The molecular formula is C9H19N5S. The first-order chi connectivity index (χ1) is 6.90. The van der Waals surface area contributed by atoms with Crippen LogP contribution in [0.1, 0.15) is 25.8 Å². The van der Waals surface area contributed by atoms with Gasteiger partial charge in [-0.05, 0) is 12.5 Å². The maximum absolute atomic E-state index is 5.24. The van der Waals surface area contributed by atoms with E-state index in [1.807, 2.05) is 0 Å². The Kier molecular flexibility index (Phi) is 4.01. The van der Waals surface area contributed by atoms with Crippen LogP contribution in [0.15, 0.2) is 0 Å². The molecule has 0 unspecified atom stereocenters. The molecule has 0 bridgehead atoms. The number of rotatable bonds is 4. The highest BCUT2D eigenvalue weighted by Gasteiger charge is 2.14. The molecule has 0 aromatic carbocycles. The summed E-state index contributed by atoms with van der Waals surface area (Å²) >= 11 is 1.49. The number of nitrogens with two attached hydrogens (primary N) is 1. The van der Waals surface area contributed by atoms with Crippen LogP contribution in [0.4, 0.5) is 5.13 Å². The zero-order valence-corrected chi connectivity index (χ0v) is 10.6. The molecule has 0 aliphatic heterocycles. The molecule has 0 amide bonds. The molecule has 0 saturated heterocycles. The summed E-state index contributed by atoms with van der Waals surface area (Å²) in [5.74, 6) is 5.24. The zero-order valence-electron chi connectivity index (χ0n) is 9.74. The Bertz CT molecular complexity index is 304. The third-order valence-electron chi connectivity index (χ3n) is 1.74. The van der Waals surface area contributed by atoms with Gasteiger partial charge in [0.25, 0.3) is 0 Å². The molecule has 1 aromatic heterocycles. The van der Waals surface area contributed by atoms with Gasteiger partial charge in [0.1, 0.15) is 5.01 Å². The molecule has 86 valence electrons. The van der Waals surface area contributed by atoms with Crippen molar-refractivity contribution in [2.45, 2.75) is 27.3 Å². The van der Waals surface area contributed by atoms with E-state index in [1.165, 1.54) is 11.3 Å². The maximum atomic E-state index is 5.24. The smallest absolute Gasteiger partial charge is 0.219 e. The van der Waals surface area contributed by atoms with Crippen molar-refractivity contribution in [3.63, 3.8) is 0 Å². The number of nitrogens with zero attached hydrogens (tertiary/aromatic N) is 3. The van der Waals surface area contributed by atoms with Crippen LogP contribution in [0, 0.1) is 5.41 Å². The van der Waals surface area contributed by atoms with Crippen LogP contribution in [0.2, 0.25) is 0 Å². The minimum absolute atomic E-state index is 0.300. The topological polar surface area (TPSA) is 67.1 Å². The van der Waals surface area contributed by atoms with E-state index >= 15 is 0 Å². The molecule has 3 N–H and O–H groups in total. The predicted octanol–water partition coefficient (Wildman–Crippen LogP) is 1.30. The molecule has 1 rings (SSSR count).